The van der Waals surface area contributed by atoms with Crippen molar-refractivity contribution >= 4 is 11.6 Å². The summed E-state index contributed by atoms with van der Waals surface area (Å²) in [6.45, 7) is 2.11. The third-order valence-electron chi connectivity index (χ3n) is 4.08. The van der Waals surface area contributed by atoms with E-state index < -0.39 is 0 Å². The number of methoxy groups -OCH3 is 1. The third-order valence-corrected chi connectivity index (χ3v) is 4.31. The van der Waals surface area contributed by atoms with Crippen molar-refractivity contribution in [1.29, 1.82) is 0 Å². The van der Waals surface area contributed by atoms with Crippen LogP contribution in [0, 0.1) is 0 Å². The highest BCUT2D eigenvalue weighted by atomic mass is 35.5. The summed E-state index contributed by atoms with van der Waals surface area (Å²) in [5, 5.41) is 3.99. The van der Waals surface area contributed by atoms with E-state index in [2.05, 4.69) is 12.2 Å². The lowest BCUT2D eigenvalue weighted by atomic mass is 9.94. The average molecular weight is 298 g/mol. The van der Waals surface area contributed by atoms with Crippen molar-refractivity contribution in [2.45, 2.75) is 50.9 Å². The molecule has 0 bridgehead atoms. The first-order valence-electron chi connectivity index (χ1n) is 7.30. The van der Waals surface area contributed by atoms with Gasteiger partial charge in [0.05, 0.1) is 6.10 Å². The fourth-order valence-corrected chi connectivity index (χ4v) is 2.90. The van der Waals surface area contributed by atoms with Crippen LogP contribution in [0.4, 0.5) is 0 Å². The molecule has 0 aliphatic heterocycles. The Balaban J connectivity index is 2.12. The molecule has 3 nitrogen and oxygen atoms in total. The minimum absolute atomic E-state index is 0.213. The van der Waals surface area contributed by atoms with E-state index in [4.69, 9.17) is 21.1 Å². The van der Waals surface area contributed by atoms with Crippen molar-refractivity contribution in [2.24, 2.45) is 0 Å². The fraction of sp³-hybridized carbons (Fsp3) is 0.625. The fourth-order valence-electron chi connectivity index (χ4n) is 2.72. The van der Waals surface area contributed by atoms with Crippen LogP contribution < -0.4 is 10.1 Å². The third kappa shape index (κ3) is 3.87. The number of hydrogen-bond acceptors (Lipinski definition) is 3. The second-order valence-corrected chi connectivity index (χ2v) is 5.89. The predicted molar refractivity (Wildman–Crippen MR) is 82.6 cm³/mol. The molecule has 0 saturated heterocycles. The van der Waals surface area contributed by atoms with Gasteiger partial charge in [0, 0.05) is 30.2 Å². The number of nitrogens with one attached hydrogen (secondary N) is 1. The van der Waals surface area contributed by atoms with Crippen LogP contribution in [-0.2, 0) is 4.74 Å². The zero-order chi connectivity index (χ0) is 14.5. The highest BCUT2D eigenvalue weighted by molar-refractivity contribution is 6.30. The van der Waals surface area contributed by atoms with Gasteiger partial charge in [-0.05, 0) is 51.4 Å². The monoisotopic (exact) mass is 297 g/mol. The molecule has 1 aromatic carbocycles. The van der Waals surface area contributed by atoms with E-state index in [1.165, 1.54) is 0 Å². The van der Waals surface area contributed by atoms with Crippen molar-refractivity contribution in [3.8, 4) is 5.75 Å². The van der Waals surface area contributed by atoms with Crippen LogP contribution in [0.3, 0.4) is 0 Å². The molecule has 0 spiro atoms. The van der Waals surface area contributed by atoms with Gasteiger partial charge in [-0.25, -0.2) is 0 Å². The molecule has 2 rings (SSSR count). The normalized spacial score (nSPS) is 24.4. The van der Waals surface area contributed by atoms with Crippen molar-refractivity contribution in [3.63, 3.8) is 0 Å². The molecule has 1 saturated carbocycles. The van der Waals surface area contributed by atoms with Crippen molar-refractivity contribution in [3.05, 3.63) is 28.8 Å². The van der Waals surface area contributed by atoms with Crippen LogP contribution in [0.15, 0.2) is 18.2 Å². The van der Waals surface area contributed by atoms with Crippen LogP contribution in [0.2, 0.25) is 5.02 Å². The Morgan fingerprint density at radius 2 is 2.05 bits per heavy atom. The summed E-state index contributed by atoms with van der Waals surface area (Å²) in [5.74, 6) is 0.929. The molecule has 1 aliphatic carbocycles. The van der Waals surface area contributed by atoms with E-state index in [0.29, 0.717) is 6.10 Å². The standard InChI is InChI=1S/C16H24ClNO2/c1-11(18-2)15-9-12(17)7-8-16(15)20-14-6-4-5-13(10-14)19-3/h7-9,11,13-14,18H,4-6,10H2,1-3H3. The van der Waals surface area contributed by atoms with Crippen molar-refractivity contribution < 1.29 is 9.47 Å². The largest absolute Gasteiger partial charge is 0.490 e. The predicted octanol–water partition coefficient (Wildman–Crippen LogP) is 3.96. The molecule has 0 amide bonds. The summed E-state index contributed by atoms with van der Waals surface area (Å²) in [7, 11) is 3.72. The molecule has 1 aliphatic rings. The summed E-state index contributed by atoms with van der Waals surface area (Å²) < 4.78 is 11.7. The van der Waals surface area contributed by atoms with Crippen molar-refractivity contribution in [1.82, 2.24) is 5.32 Å². The van der Waals surface area contributed by atoms with Gasteiger partial charge in [-0.2, -0.15) is 0 Å². The zero-order valence-corrected chi connectivity index (χ0v) is 13.2. The van der Waals surface area contributed by atoms with E-state index in [1.807, 2.05) is 25.2 Å². The topological polar surface area (TPSA) is 30.5 Å². The molecule has 4 heteroatoms. The molecule has 1 aromatic rings. The average Bonchev–Trinajstić information content (AvgIpc) is 2.48. The molecule has 1 N–H and O–H groups in total. The molecule has 3 atom stereocenters. The Morgan fingerprint density at radius 3 is 2.75 bits per heavy atom. The maximum Gasteiger partial charge on any atom is 0.124 e. The van der Waals surface area contributed by atoms with Gasteiger partial charge < -0.3 is 14.8 Å². The second kappa shape index (κ2) is 7.30. The summed E-state index contributed by atoms with van der Waals surface area (Å²) in [6.07, 6.45) is 4.91. The Bertz CT molecular complexity index is 438. The number of rotatable bonds is 5. The van der Waals surface area contributed by atoms with Crippen LogP contribution in [0.5, 0.6) is 5.75 Å². The van der Waals surface area contributed by atoms with Crippen LogP contribution in [-0.4, -0.2) is 26.4 Å². The van der Waals surface area contributed by atoms with Gasteiger partial charge in [0.15, 0.2) is 0 Å². The van der Waals surface area contributed by atoms with Gasteiger partial charge in [0.2, 0.25) is 0 Å². The number of hydrogen-bond donors (Lipinski definition) is 1. The van der Waals surface area contributed by atoms with Gasteiger partial charge in [0.25, 0.3) is 0 Å². The first kappa shape index (κ1) is 15.6. The summed E-state index contributed by atoms with van der Waals surface area (Å²) >= 11 is 6.10. The Hall–Kier alpha value is -0.770. The lowest BCUT2D eigenvalue weighted by Crippen LogP contribution is -2.30. The van der Waals surface area contributed by atoms with E-state index in [9.17, 15) is 0 Å². The van der Waals surface area contributed by atoms with E-state index in [1.54, 1.807) is 7.11 Å². The molecule has 1 fully saturated rings. The van der Waals surface area contributed by atoms with Gasteiger partial charge >= 0.3 is 0 Å². The maximum absolute atomic E-state index is 6.22. The molecule has 112 valence electrons. The first-order valence-corrected chi connectivity index (χ1v) is 7.68. The van der Waals surface area contributed by atoms with Gasteiger partial charge in [-0.1, -0.05) is 11.6 Å². The van der Waals surface area contributed by atoms with Crippen LogP contribution in [0.25, 0.3) is 0 Å². The molecule has 0 heterocycles. The molecular weight excluding hydrogens is 274 g/mol. The number of benzene rings is 1. The number of halogens is 1. The maximum atomic E-state index is 6.22. The lowest BCUT2D eigenvalue weighted by molar-refractivity contribution is 0.0205. The lowest BCUT2D eigenvalue weighted by Gasteiger charge is -2.30. The molecular formula is C16H24ClNO2. The number of ether oxygens (including phenoxy) is 2. The molecule has 3 unspecified atom stereocenters. The summed E-state index contributed by atoms with van der Waals surface area (Å²) in [6, 6.07) is 6.06. The van der Waals surface area contributed by atoms with E-state index in [-0.39, 0.29) is 12.1 Å². The van der Waals surface area contributed by atoms with E-state index >= 15 is 0 Å². The zero-order valence-electron chi connectivity index (χ0n) is 12.5. The van der Waals surface area contributed by atoms with Gasteiger partial charge in [-0.3, -0.25) is 0 Å². The summed E-state index contributed by atoms with van der Waals surface area (Å²) in [5.41, 5.74) is 1.11. The Kier molecular flexibility index (Phi) is 5.70. The summed E-state index contributed by atoms with van der Waals surface area (Å²) in [4.78, 5) is 0. The highest BCUT2D eigenvalue weighted by Crippen LogP contribution is 2.32. The van der Waals surface area contributed by atoms with Crippen molar-refractivity contribution in [2.75, 3.05) is 14.2 Å². The first-order chi connectivity index (χ1) is 9.63. The Morgan fingerprint density at radius 1 is 1.30 bits per heavy atom. The SMILES string of the molecule is CNC(C)c1cc(Cl)ccc1OC1CCCC(OC)C1. The van der Waals surface area contributed by atoms with Crippen LogP contribution >= 0.6 is 11.6 Å². The minimum atomic E-state index is 0.213. The van der Waals surface area contributed by atoms with Gasteiger partial charge in [0.1, 0.15) is 11.9 Å². The smallest absolute Gasteiger partial charge is 0.124 e. The minimum Gasteiger partial charge on any atom is -0.490 e. The van der Waals surface area contributed by atoms with Gasteiger partial charge in [-0.15, -0.1) is 0 Å². The quantitative estimate of drug-likeness (QED) is 0.892. The molecule has 0 radical (unpaired) electrons. The molecule has 0 aromatic heterocycles. The second-order valence-electron chi connectivity index (χ2n) is 5.46. The highest BCUT2D eigenvalue weighted by Gasteiger charge is 2.24. The van der Waals surface area contributed by atoms with E-state index in [0.717, 1.165) is 42.0 Å². The Labute approximate surface area is 126 Å². The molecule has 20 heavy (non-hydrogen) atoms. The van der Waals surface area contributed by atoms with Crippen LogP contribution in [0.1, 0.15) is 44.2 Å².